The van der Waals surface area contributed by atoms with Crippen molar-refractivity contribution in [1.82, 2.24) is 11.0 Å². The zero-order chi connectivity index (χ0) is 33.4. The molecule has 244 valence electrons. The second kappa shape index (κ2) is 19.9. The number of carboxylic acids is 1. The molecule has 11 nitrogen and oxygen atoms in total. The van der Waals surface area contributed by atoms with Crippen LogP contribution in [0.3, 0.4) is 0 Å². The molecule has 2 fully saturated rings. The molecule has 0 atom stereocenters. The largest absolute Gasteiger partial charge is 0.478 e. The summed E-state index contributed by atoms with van der Waals surface area (Å²) in [4.78, 5) is 77.8. The lowest BCUT2D eigenvalue weighted by molar-refractivity contribution is -0.133. The highest BCUT2D eigenvalue weighted by molar-refractivity contribution is 6.32. The molecular weight excluding hydrogens is 627 g/mol. The highest BCUT2D eigenvalue weighted by Crippen LogP contribution is 2.24. The van der Waals surface area contributed by atoms with E-state index in [1.165, 1.54) is 12.1 Å². The van der Waals surface area contributed by atoms with Gasteiger partial charge < -0.3 is 14.8 Å². The summed E-state index contributed by atoms with van der Waals surface area (Å²) >= 11 is 12.0. The van der Waals surface area contributed by atoms with Crippen LogP contribution in [0, 0.1) is 5.92 Å². The van der Waals surface area contributed by atoms with Crippen LogP contribution in [-0.2, 0) is 41.9 Å². The molecule has 0 heterocycles. The summed E-state index contributed by atoms with van der Waals surface area (Å²) in [6, 6.07) is 9.30. The van der Waals surface area contributed by atoms with Crippen molar-refractivity contribution in [1.29, 1.82) is 0 Å². The summed E-state index contributed by atoms with van der Waals surface area (Å²) in [5, 5.41) is 9.79. The first kappa shape index (κ1) is 37.9. The van der Waals surface area contributed by atoms with Gasteiger partial charge in [0.25, 0.3) is 0 Å². The molecule has 0 spiro atoms. The van der Waals surface area contributed by atoms with E-state index in [-0.39, 0.29) is 48.0 Å². The molecule has 0 unspecified atom stereocenters. The SMILES string of the molecule is CCONCc1cc(C(=O)C2C(=O)CCCC2=O)ccc1Cl.CCONCc1cc(C(=O)O)ccc1Cl.O=C1CCCC(=O)C1. The summed E-state index contributed by atoms with van der Waals surface area (Å²) in [6.07, 6.45) is 3.31. The Labute approximate surface area is 271 Å². The average molecular weight is 666 g/mol. The summed E-state index contributed by atoms with van der Waals surface area (Å²) in [7, 11) is 0. The normalized spacial score (nSPS) is 15.1. The van der Waals surface area contributed by atoms with Crippen LogP contribution < -0.4 is 11.0 Å². The summed E-state index contributed by atoms with van der Waals surface area (Å²) in [6.45, 7) is 5.45. The fraction of sp³-hybridized carbons (Fsp3) is 0.438. The number of hydrogen-bond donors (Lipinski definition) is 3. The minimum atomic E-state index is -1.15. The van der Waals surface area contributed by atoms with Gasteiger partial charge in [-0.05, 0) is 74.2 Å². The van der Waals surface area contributed by atoms with E-state index in [0.717, 1.165) is 6.42 Å². The van der Waals surface area contributed by atoms with Crippen molar-refractivity contribution in [3.05, 3.63) is 68.7 Å². The number of ketones is 5. The Balaban J connectivity index is 0.000000263. The lowest BCUT2D eigenvalue weighted by Gasteiger charge is -2.18. The van der Waals surface area contributed by atoms with Gasteiger partial charge in [0.2, 0.25) is 0 Å². The summed E-state index contributed by atoms with van der Waals surface area (Å²) < 4.78 is 0. The Morgan fingerprint density at radius 3 is 1.62 bits per heavy atom. The van der Waals surface area contributed by atoms with Crippen molar-refractivity contribution in [3.63, 3.8) is 0 Å². The number of carboxylic acid groups (broad SMARTS) is 1. The van der Waals surface area contributed by atoms with Gasteiger partial charge >= 0.3 is 5.97 Å². The predicted molar refractivity (Wildman–Crippen MR) is 167 cm³/mol. The zero-order valence-corrected chi connectivity index (χ0v) is 26.8. The minimum absolute atomic E-state index is 0.112. The monoisotopic (exact) mass is 664 g/mol. The molecule has 2 aromatic carbocycles. The van der Waals surface area contributed by atoms with E-state index >= 15 is 0 Å². The number of hydrogen-bond acceptors (Lipinski definition) is 10. The average Bonchev–Trinajstić information content (AvgIpc) is 2.99. The van der Waals surface area contributed by atoms with Crippen LogP contribution >= 0.6 is 23.2 Å². The molecule has 2 aliphatic rings. The minimum Gasteiger partial charge on any atom is -0.478 e. The molecular formula is C32H38Cl2N2O9. The Morgan fingerprint density at radius 1 is 0.756 bits per heavy atom. The van der Waals surface area contributed by atoms with E-state index in [9.17, 15) is 28.8 Å². The van der Waals surface area contributed by atoms with E-state index in [0.29, 0.717) is 72.3 Å². The molecule has 45 heavy (non-hydrogen) atoms. The molecule has 4 rings (SSSR count). The van der Waals surface area contributed by atoms with E-state index in [2.05, 4.69) is 11.0 Å². The number of carbonyl (C=O) groups excluding carboxylic acids is 5. The van der Waals surface area contributed by atoms with Crippen LogP contribution in [0.2, 0.25) is 10.0 Å². The van der Waals surface area contributed by atoms with Crippen molar-refractivity contribution < 1.29 is 43.5 Å². The molecule has 0 radical (unpaired) electrons. The number of aromatic carboxylic acids is 1. The molecule has 13 heteroatoms. The molecule has 0 aliphatic heterocycles. The van der Waals surface area contributed by atoms with Gasteiger partial charge in [0, 0.05) is 54.4 Å². The van der Waals surface area contributed by atoms with Gasteiger partial charge in [-0.3, -0.25) is 24.0 Å². The molecule has 3 N–H and O–H groups in total. The molecule has 2 aliphatic carbocycles. The van der Waals surface area contributed by atoms with Gasteiger partial charge in [0.15, 0.2) is 17.3 Å². The molecule has 0 aromatic heterocycles. The van der Waals surface area contributed by atoms with E-state index in [4.69, 9.17) is 38.0 Å². The number of hydroxylamine groups is 2. The topological polar surface area (TPSA) is 165 Å². The molecule has 2 aromatic rings. The highest BCUT2D eigenvalue weighted by Gasteiger charge is 2.36. The maximum absolute atomic E-state index is 12.5. The van der Waals surface area contributed by atoms with Gasteiger partial charge in [-0.25, -0.2) is 4.79 Å². The fourth-order valence-electron chi connectivity index (χ4n) is 4.41. The first-order chi connectivity index (χ1) is 21.5. The zero-order valence-electron chi connectivity index (χ0n) is 25.3. The third-order valence-corrected chi connectivity index (χ3v) is 7.44. The van der Waals surface area contributed by atoms with Crippen LogP contribution in [0.4, 0.5) is 0 Å². The van der Waals surface area contributed by atoms with Crippen LogP contribution in [0.15, 0.2) is 36.4 Å². The highest BCUT2D eigenvalue weighted by atomic mass is 35.5. The lowest BCUT2D eigenvalue weighted by atomic mass is 9.81. The van der Waals surface area contributed by atoms with E-state index in [1.807, 2.05) is 13.8 Å². The van der Waals surface area contributed by atoms with Crippen LogP contribution in [-0.4, -0.2) is 53.2 Å². The second-order valence-electron chi connectivity index (χ2n) is 10.1. The van der Waals surface area contributed by atoms with Gasteiger partial charge in [-0.2, -0.15) is 11.0 Å². The first-order valence-corrected chi connectivity index (χ1v) is 15.4. The van der Waals surface area contributed by atoms with Crippen molar-refractivity contribution in [3.8, 4) is 0 Å². The molecule has 0 bridgehead atoms. The number of carbonyl (C=O) groups is 6. The quantitative estimate of drug-likeness (QED) is 0.124. The van der Waals surface area contributed by atoms with Gasteiger partial charge in [-0.15, -0.1) is 0 Å². The van der Waals surface area contributed by atoms with E-state index in [1.54, 1.807) is 24.3 Å². The molecule has 2 saturated carbocycles. The Kier molecular flexibility index (Phi) is 16.8. The standard InChI is InChI=1S/C16H18ClNO4.C10H12ClNO3.C6H8O2/c1-2-22-18-9-11-8-10(6-7-12(11)17)16(21)15-13(19)4-3-5-14(15)20;1-2-15-12-6-8-5-7(10(13)14)3-4-9(8)11;7-5-2-1-3-6(8)4-5/h6-8,15,18H,2-5,9H2,1H3;3-5,12H,2,6H2,1H3,(H,13,14);1-4H2. The van der Waals surface area contributed by atoms with Crippen molar-refractivity contribution in [2.24, 2.45) is 5.92 Å². The Bertz CT molecular complexity index is 1350. The number of benzene rings is 2. The third kappa shape index (κ3) is 12.9. The van der Waals surface area contributed by atoms with E-state index < -0.39 is 17.7 Å². The third-order valence-electron chi connectivity index (χ3n) is 6.70. The van der Waals surface area contributed by atoms with Gasteiger partial charge in [0.05, 0.1) is 25.2 Å². The maximum atomic E-state index is 12.5. The summed E-state index contributed by atoms with van der Waals surface area (Å²) in [5.41, 5.74) is 7.32. The number of halogens is 2. The summed E-state index contributed by atoms with van der Waals surface area (Å²) in [5.74, 6) is -2.91. The predicted octanol–water partition coefficient (Wildman–Crippen LogP) is 5.28. The smallest absolute Gasteiger partial charge is 0.335 e. The lowest BCUT2D eigenvalue weighted by Crippen LogP contribution is -2.35. The van der Waals surface area contributed by atoms with Crippen molar-refractivity contribution >= 4 is 58.1 Å². The van der Waals surface area contributed by atoms with Crippen molar-refractivity contribution in [2.75, 3.05) is 13.2 Å². The Hall–Kier alpha value is -3.32. The van der Waals surface area contributed by atoms with Crippen LogP contribution in [0.1, 0.15) is 90.6 Å². The van der Waals surface area contributed by atoms with Gasteiger partial charge in [-0.1, -0.05) is 23.2 Å². The van der Waals surface area contributed by atoms with Crippen LogP contribution in [0.25, 0.3) is 0 Å². The number of nitrogens with one attached hydrogen (secondary N) is 2. The van der Waals surface area contributed by atoms with Crippen LogP contribution in [0.5, 0.6) is 0 Å². The number of rotatable bonds is 11. The number of Topliss-reactive ketones (excluding diaryl/α,β-unsaturated/α-hetero) is 5. The Morgan fingerprint density at radius 2 is 1.20 bits per heavy atom. The molecule has 0 amide bonds. The molecule has 0 saturated heterocycles. The fourth-order valence-corrected chi connectivity index (χ4v) is 4.78. The maximum Gasteiger partial charge on any atom is 0.335 e. The second-order valence-corrected chi connectivity index (χ2v) is 10.9. The first-order valence-electron chi connectivity index (χ1n) is 14.6. The van der Waals surface area contributed by atoms with Gasteiger partial charge in [0.1, 0.15) is 17.5 Å². The van der Waals surface area contributed by atoms with Crippen molar-refractivity contribution in [2.45, 2.75) is 71.9 Å².